The Morgan fingerprint density at radius 1 is 1.04 bits per heavy atom. The molecule has 128 valence electrons. The number of ether oxygens (including phenoxy) is 2. The number of hydrogen-bond donors (Lipinski definition) is 0. The Bertz CT molecular complexity index is 847. The number of hydrogen-bond acceptors (Lipinski definition) is 5. The molecule has 0 unspecified atom stereocenters. The molecule has 2 amide bonds. The Hall–Kier alpha value is -2.73. The molecule has 2 aromatic rings. The van der Waals surface area contributed by atoms with Crippen LogP contribution in [-0.2, 0) is 4.79 Å². The second-order valence-corrected chi connectivity index (χ2v) is 6.15. The molecule has 6 heteroatoms. The lowest BCUT2D eigenvalue weighted by Crippen LogP contribution is -2.28. The van der Waals surface area contributed by atoms with Gasteiger partial charge in [-0.15, -0.1) is 0 Å². The molecule has 0 bridgehead atoms. The third kappa shape index (κ3) is 3.39. The molecule has 0 aromatic heterocycles. The van der Waals surface area contributed by atoms with E-state index in [1.807, 2.05) is 25.1 Å². The average molecular weight is 355 g/mol. The highest BCUT2D eigenvalue weighted by molar-refractivity contribution is 8.19. The molecule has 0 spiro atoms. The van der Waals surface area contributed by atoms with Crippen molar-refractivity contribution in [1.29, 1.82) is 0 Å². The molecule has 0 radical (unpaired) electrons. The average Bonchev–Trinajstić information content (AvgIpc) is 2.90. The number of anilines is 1. The van der Waals surface area contributed by atoms with Crippen molar-refractivity contribution in [3.05, 3.63) is 59.0 Å². The predicted molar refractivity (Wildman–Crippen MR) is 99.1 cm³/mol. The van der Waals surface area contributed by atoms with Gasteiger partial charge in [-0.2, -0.15) is 0 Å². The molecule has 1 fully saturated rings. The van der Waals surface area contributed by atoms with Crippen LogP contribution in [0.5, 0.6) is 11.5 Å². The summed E-state index contributed by atoms with van der Waals surface area (Å²) in [7, 11) is 1.57. The van der Waals surface area contributed by atoms with E-state index in [9.17, 15) is 9.59 Å². The number of carbonyl (C=O) groups is 2. The molecule has 1 heterocycles. The zero-order valence-electron chi connectivity index (χ0n) is 13.9. The van der Waals surface area contributed by atoms with Gasteiger partial charge in [-0.05, 0) is 43.0 Å². The van der Waals surface area contributed by atoms with Crippen LogP contribution in [0.15, 0.2) is 53.4 Å². The van der Waals surface area contributed by atoms with E-state index in [1.54, 1.807) is 43.5 Å². The summed E-state index contributed by atoms with van der Waals surface area (Å²) in [5.74, 6) is 0.780. The van der Waals surface area contributed by atoms with Crippen LogP contribution in [0.1, 0.15) is 12.5 Å². The fraction of sp³-hybridized carbons (Fsp3) is 0.158. The van der Waals surface area contributed by atoms with Crippen molar-refractivity contribution >= 4 is 34.7 Å². The summed E-state index contributed by atoms with van der Waals surface area (Å²) in [5, 5.41) is -0.349. The van der Waals surface area contributed by atoms with Gasteiger partial charge in [0.25, 0.3) is 11.1 Å². The van der Waals surface area contributed by atoms with E-state index in [-0.39, 0.29) is 11.1 Å². The Labute approximate surface area is 150 Å². The van der Waals surface area contributed by atoms with Crippen LogP contribution in [0.4, 0.5) is 10.5 Å². The van der Waals surface area contributed by atoms with E-state index in [1.165, 1.54) is 0 Å². The van der Waals surface area contributed by atoms with Gasteiger partial charge in [0.15, 0.2) is 0 Å². The summed E-state index contributed by atoms with van der Waals surface area (Å²) in [4.78, 5) is 26.7. The molecule has 25 heavy (non-hydrogen) atoms. The fourth-order valence-corrected chi connectivity index (χ4v) is 3.35. The SMILES string of the molecule is CCOc1ccccc1N1C(=O)S/C(=C\c2ccccc2OC)C1=O. The maximum absolute atomic E-state index is 12.8. The minimum atomic E-state index is -0.368. The summed E-state index contributed by atoms with van der Waals surface area (Å²) in [5.41, 5.74) is 1.20. The number of para-hydroxylation sites is 3. The number of rotatable bonds is 5. The standard InChI is InChI=1S/C19H17NO4S/c1-3-24-16-11-7-5-9-14(16)20-18(21)17(25-19(20)22)12-13-8-4-6-10-15(13)23-2/h4-12H,3H2,1-2H3/b17-12-. The Morgan fingerprint density at radius 3 is 2.44 bits per heavy atom. The lowest BCUT2D eigenvalue weighted by molar-refractivity contribution is -0.113. The Balaban J connectivity index is 1.97. The van der Waals surface area contributed by atoms with Gasteiger partial charge in [0.1, 0.15) is 11.5 Å². The zero-order valence-corrected chi connectivity index (χ0v) is 14.7. The van der Waals surface area contributed by atoms with E-state index >= 15 is 0 Å². The van der Waals surface area contributed by atoms with Crippen molar-refractivity contribution in [2.75, 3.05) is 18.6 Å². The van der Waals surface area contributed by atoms with Gasteiger partial charge in [0.2, 0.25) is 0 Å². The van der Waals surface area contributed by atoms with Gasteiger partial charge < -0.3 is 9.47 Å². The molecule has 1 saturated heterocycles. The second kappa shape index (κ2) is 7.44. The summed E-state index contributed by atoms with van der Waals surface area (Å²) in [6.07, 6.45) is 1.67. The van der Waals surface area contributed by atoms with E-state index < -0.39 is 0 Å². The smallest absolute Gasteiger partial charge is 0.298 e. The van der Waals surface area contributed by atoms with E-state index in [0.29, 0.717) is 28.7 Å². The molecule has 3 rings (SSSR count). The maximum Gasteiger partial charge on any atom is 0.298 e. The molecule has 0 N–H and O–H groups in total. The topological polar surface area (TPSA) is 55.8 Å². The number of thioether (sulfide) groups is 1. The predicted octanol–water partition coefficient (Wildman–Crippen LogP) is 4.33. The van der Waals surface area contributed by atoms with Crippen LogP contribution in [-0.4, -0.2) is 24.9 Å². The molecule has 0 saturated carbocycles. The lowest BCUT2D eigenvalue weighted by Gasteiger charge is -2.16. The fourth-order valence-electron chi connectivity index (χ4n) is 2.52. The van der Waals surface area contributed by atoms with Crippen molar-refractivity contribution in [1.82, 2.24) is 0 Å². The van der Waals surface area contributed by atoms with Crippen molar-refractivity contribution < 1.29 is 19.1 Å². The molecular formula is C19H17NO4S. The third-order valence-corrected chi connectivity index (χ3v) is 4.49. The highest BCUT2D eigenvalue weighted by Crippen LogP contribution is 2.40. The number of imide groups is 1. The first-order valence-electron chi connectivity index (χ1n) is 7.78. The van der Waals surface area contributed by atoms with Crippen molar-refractivity contribution in [3.8, 4) is 11.5 Å². The largest absolute Gasteiger partial charge is 0.496 e. The van der Waals surface area contributed by atoms with E-state index in [4.69, 9.17) is 9.47 Å². The molecular weight excluding hydrogens is 338 g/mol. The first-order valence-corrected chi connectivity index (χ1v) is 8.60. The third-order valence-electron chi connectivity index (χ3n) is 3.63. The van der Waals surface area contributed by atoms with Crippen molar-refractivity contribution in [3.63, 3.8) is 0 Å². The molecule has 2 aromatic carbocycles. The number of nitrogens with zero attached hydrogens (tertiary/aromatic N) is 1. The van der Waals surface area contributed by atoms with Crippen LogP contribution in [0.25, 0.3) is 6.08 Å². The van der Waals surface area contributed by atoms with Gasteiger partial charge in [0, 0.05) is 5.56 Å². The summed E-state index contributed by atoms with van der Waals surface area (Å²) in [6.45, 7) is 2.30. The first kappa shape index (κ1) is 17.1. The second-order valence-electron chi connectivity index (χ2n) is 5.16. The van der Waals surface area contributed by atoms with Crippen LogP contribution < -0.4 is 14.4 Å². The maximum atomic E-state index is 12.8. The molecule has 0 aliphatic carbocycles. The zero-order chi connectivity index (χ0) is 17.8. The first-order chi connectivity index (χ1) is 12.2. The lowest BCUT2D eigenvalue weighted by atomic mass is 10.2. The molecule has 1 aliphatic rings. The van der Waals surface area contributed by atoms with Crippen LogP contribution >= 0.6 is 11.8 Å². The summed E-state index contributed by atoms with van der Waals surface area (Å²) < 4.78 is 10.8. The van der Waals surface area contributed by atoms with Crippen LogP contribution in [0, 0.1) is 0 Å². The van der Waals surface area contributed by atoms with Crippen molar-refractivity contribution in [2.24, 2.45) is 0 Å². The molecule has 1 aliphatic heterocycles. The Kier molecular flexibility index (Phi) is 5.09. The van der Waals surface area contributed by atoms with Crippen molar-refractivity contribution in [2.45, 2.75) is 6.92 Å². The summed E-state index contributed by atoms with van der Waals surface area (Å²) in [6, 6.07) is 14.4. The van der Waals surface area contributed by atoms with Crippen LogP contribution in [0.2, 0.25) is 0 Å². The number of methoxy groups -OCH3 is 1. The summed E-state index contributed by atoms with van der Waals surface area (Å²) >= 11 is 0.905. The van der Waals surface area contributed by atoms with Gasteiger partial charge in [0.05, 0.1) is 24.3 Å². The monoisotopic (exact) mass is 355 g/mol. The highest BCUT2D eigenvalue weighted by atomic mass is 32.2. The van der Waals surface area contributed by atoms with Gasteiger partial charge in [-0.3, -0.25) is 9.59 Å². The number of benzene rings is 2. The minimum Gasteiger partial charge on any atom is -0.496 e. The Morgan fingerprint density at radius 2 is 1.72 bits per heavy atom. The number of carbonyl (C=O) groups excluding carboxylic acids is 2. The van der Waals surface area contributed by atoms with E-state index in [2.05, 4.69) is 0 Å². The quantitative estimate of drug-likeness (QED) is 0.747. The van der Waals surface area contributed by atoms with Gasteiger partial charge >= 0.3 is 0 Å². The minimum absolute atomic E-state index is 0.348. The van der Waals surface area contributed by atoms with Gasteiger partial charge in [-0.1, -0.05) is 30.3 Å². The van der Waals surface area contributed by atoms with Gasteiger partial charge in [-0.25, -0.2) is 4.90 Å². The molecule has 5 nitrogen and oxygen atoms in total. The highest BCUT2D eigenvalue weighted by Gasteiger charge is 2.37. The van der Waals surface area contributed by atoms with Crippen LogP contribution in [0.3, 0.4) is 0 Å². The molecule has 0 atom stereocenters. The van der Waals surface area contributed by atoms with E-state index in [0.717, 1.165) is 22.2 Å². The number of amides is 2. The normalized spacial score (nSPS) is 15.8.